The van der Waals surface area contributed by atoms with Crippen molar-refractivity contribution in [3.63, 3.8) is 0 Å². The zero-order chi connectivity index (χ0) is 22.9. The average molecular weight is 514 g/mol. The van der Waals surface area contributed by atoms with E-state index in [-0.39, 0.29) is 32.5 Å². The molecular formula is C22H14BrN2O6S-. The number of sulfone groups is 1. The lowest BCUT2D eigenvalue weighted by Gasteiger charge is -2.17. The first-order chi connectivity index (χ1) is 15.3. The summed E-state index contributed by atoms with van der Waals surface area (Å²) in [4.78, 5) is 15.5. The van der Waals surface area contributed by atoms with Crippen LogP contribution in [0.4, 0.5) is 5.69 Å². The molecule has 162 valence electrons. The van der Waals surface area contributed by atoms with E-state index < -0.39 is 20.5 Å². The van der Waals surface area contributed by atoms with Crippen LogP contribution in [0, 0.1) is 10.1 Å². The van der Waals surface area contributed by atoms with Gasteiger partial charge in [0.2, 0.25) is 9.84 Å². The SMILES string of the molecule is O=[N+]([O-])c1ccc(C([O-])=C2NOC(c3ccc(Br)cc3)=C2S(=O)(=O)c2ccccc2)cc1. The van der Waals surface area contributed by atoms with Crippen LogP contribution in [-0.2, 0) is 14.7 Å². The maximum Gasteiger partial charge on any atom is 0.269 e. The van der Waals surface area contributed by atoms with Crippen molar-refractivity contribution in [3.8, 4) is 0 Å². The fourth-order valence-electron chi connectivity index (χ4n) is 3.10. The molecule has 0 radical (unpaired) electrons. The lowest BCUT2D eigenvalue weighted by atomic mass is 10.1. The van der Waals surface area contributed by atoms with Gasteiger partial charge in [-0.1, -0.05) is 39.9 Å². The van der Waals surface area contributed by atoms with Crippen LogP contribution in [0.25, 0.3) is 11.5 Å². The molecule has 0 atom stereocenters. The Labute approximate surface area is 191 Å². The monoisotopic (exact) mass is 513 g/mol. The Kier molecular flexibility index (Phi) is 5.72. The number of nitro benzene ring substituents is 1. The Balaban J connectivity index is 1.93. The first-order valence-electron chi connectivity index (χ1n) is 9.19. The molecule has 0 bridgehead atoms. The van der Waals surface area contributed by atoms with E-state index in [9.17, 15) is 23.6 Å². The van der Waals surface area contributed by atoms with Crippen LogP contribution in [0.2, 0.25) is 0 Å². The predicted molar refractivity (Wildman–Crippen MR) is 119 cm³/mol. The number of nitro groups is 1. The minimum atomic E-state index is -4.16. The molecule has 1 aliphatic rings. The predicted octanol–water partition coefficient (Wildman–Crippen LogP) is 3.76. The molecule has 0 saturated heterocycles. The van der Waals surface area contributed by atoms with Crippen LogP contribution >= 0.6 is 15.9 Å². The summed E-state index contributed by atoms with van der Waals surface area (Å²) in [6.07, 6.45) is 0. The van der Waals surface area contributed by atoms with E-state index in [0.29, 0.717) is 5.56 Å². The second-order valence-corrected chi connectivity index (χ2v) is 9.50. The summed E-state index contributed by atoms with van der Waals surface area (Å²) in [5.41, 5.74) is 2.50. The molecule has 1 heterocycles. The number of hydrogen-bond donors (Lipinski definition) is 1. The lowest BCUT2D eigenvalue weighted by Crippen LogP contribution is -2.18. The van der Waals surface area contributed by atoms with E-state index in [1.165, 1.54) is 36.4 Å². The number of hydroxylamine groups is 1. The van der Waals surface area contributed by atoms with Gasteiger partial charge >= 0.3 is 0 Å². The molecule has 0 unspecified atom stereocenters. The summed E-state index contributed by atoms with van der Waals surface area (Å²) in [5.74, 6) is -0.701. The highest BCUT2D eigenvalue weighted by Crippen LogP contribution is 2.38. The van der Waals surface area contributed by atoms with Crippen LogP contribution < -0.4 is 10.6 Å². The quantitative estimate of drug-likeness (QED) is 0.313. The van der Waals surface area contributed by atoms with Crippen molar-refractivity contribution in [2.24, 2.45) is 0 Å². The van der Waals surface area contributed by atoms with E-state index in [1.54, 1.807) is 42.5 Å². The number of nitrogens with one attached hydrogen (secondary N) is 1. The molecule has 1 aliphatic heterocycles. The molecule has 3 aromatic rings. The topological polar surface area (TPSA) is 122 Å². The van der Waals surface area contributed by atoms with Crippen molar-refractivity contribution in [1.29, 1.82) is 0 Å². The first-order valence-corrected chi connectivity index (χ1v) is 11.5. The third-order valence-electron chi connectivity index (χ3n) is 4.68. The van der Waals surface area contributed by atoms with Crippen molar-refractivity contribution in [1.82, 2.24) is 5.48 Å². The number of nitrogens with zero attached hydrogens (tertiary/aromatic N) is 1. The van der Waals surface area contributed by atoms with Gasteiger partial charge in [-0.05, 0) is 54.1 Å². The maximum atomic E-state index is 13.5. The van der Waals surface area contributed by atoms with E-state index in [1.807, 2.05) is 0 Å². The number of benzene rings is 3. The molecule has 10 heteroatoms. The largest absolute Gasteiger partial charge is 0.871 e. The Hall–Kier alpha value is -3.63. The highest BCUT2D eigenvalue weighted by atomic mass is 79.9. The van der Waals surface area contributed by atoms with Crippen molar-refractivity contribution in [3.05, 3.63) is 115 Å². The molecule has 32 heavy (non-hydrogen) atoms. The molecule has 0 aromatic heterocycles. The Morgan fingerprint density at radius 3 is 2.16 bits per heavy atom. The second kappa shape index (κ2) is 8.48. The average Bonchev–Trinajstić information content (AvgIpc) is 3.26. The first kappa shape index (κ1) is 21.6. The van der Waals surface area contributed by atoms with Crippen molar-refractivity contribution in [2.45, 2.75) is 4.90 Å². The maximum absolute atomic E-state index is 13.5. The summed E-state index contributed by atoms with van der Waals surface area (Å²) in [6, 6.07) is 19.3. The summed E-state index contributed by atoms with van der Waals surface area (Å²) >= 11 is 3.33. The molecule has 0 amide bonds. The standard InChI is InChI=1S/C22H15BrN2O6S/c23-16-10-6-15(7-11-16)21-22(32(29,30)18-4-2-1-3-5-18)19(24-31-21)20(26)14-8-12-17(13-9-14)25(27)28/h1-13,24,26H/p-1. The number of non-ortho nitro benzene ring substituents is 1. The highest BCUT2D eigenvalue weighted by molar-refractivity contribution is 9.10. The Morgan fingerprint density at radius 2 is 1.56 bits per heavy atom. The van der Waals surface area contributed by atoms with E-state index >= 15 is 0 Å². The normalized spacial score (nSPS) is 15.2. The zero-order valence-corrected chi connectivity index (χ0v) is 18.6. The second-order valence-electron chi connectivity index (χ2n) is 6.69. The minimum Gasteiger partial charge on any atom is -0.871 e. The van der Waals surface area contributed by atoms with Crippen LogP contribution in [-0.4, -0.2) is 13.3 Å². The fourth-order valence-corrected chi connectivity index (χ4v) is 4.92. The smallest absolute Gasteiger partial charge is 0.269 e. The summed E-state index contributed by atoms with van der Waals surface area (Å²) in [5, 5.41) is 24.1. The van der Waals surface area contributed by atoms with Crippen molar-refractivity contribution < 1.29 is 23.3 Å². The van der Waals surface area contributed by atoms with Crippen LogP contribution in [0.1, 0.15) is 11.1 Å². The van der Waals surface area contributed by atoms with Gasteiger partial charge in [0.05, 0.1) is 15.5 Å². The Morgan fingerprint density at radius 1 is 0.938 bits per heavy atom. The van der Waals surface area contributed by atoms with E-state index in [4.69, 9.17) is 4.84 Å². The third-order valence-corrected chi connectivity index (χ3v) is 7.03. The summed E-state index contributed by atoms with van der Waals surface area (Å²) in [6.45, 7) is 0. The molecule has 8 nitrogen and oxygen atoms in total. The Bertz CT molecular complexity index is 1350. The van der Waals surface area contributed by atoms with Crippen LogP contribution in [0.5, 0.6) is 0 Å². The number of rotatable bonds is 5. The summed E-state index contributed by atoms with van der Waals surface area (Å²) < 4.78 is 27.8. The molecule has 1 N–H and O–H groups in total. The van der Waals surface area contributed by atoms with Gasteiger partial charge in [0, 0.05) is 22.2 Å². The lowest BCUT2D eigenvalue weighted by molar-refractivity contribution is -0.384. The summed E-state index contributed by atoms with van der Waals surface area (Å²) in [7, 11) is -4.16. The molecule has 0 spiro atoms. The molecular weight excluding hydrogens is 500 g/mol. The van der Waals surface area contributed by atoms with Gasteiger partial charge in [0.1, 0.15) is 4.91 Å². The molecule has 0 fully saturated rings. The zero-order valence-electron chi connectivity index (χ0n) is 16.2. The van der Waals surface area contributed by atoms with Gasteiger partial charge in [-0.15, -0.1) is 0 Å². The van der Waals surface area contributed by atoms with Gasteiger partial charge in [-0.25, -0.2) is 13.9 Å². The third kappa shape index (κ3) is 3.97. The van der Waals surface area contributed by atoms with Gasteiger partial charge in [-0.2, -0.15) is 0 Å². The van der Waals surface area contributed by atoms with Crippen LogP contribution in [0.3, 0.4) is 0 Å². The molecule has 4 rings (SSSR count). The highest BCUT2D eigenvalue weighted by Gasteiger charge is 2.35. The van der Waals surface area contributed by atoms with Crippen molar-refractivity contribution in [2.75, 3.05) is 0 Å². The number of halogens is 1. The van der Waals surface area contributed by atoms with Gasteiger partial charge in [-0.3, -0.25) is 10.1 Å². The van der Waals surface area contributed by atoms with E-state index in [0.717, 1.165) is 4.47 Å². The van der Waals surface area contributed by atoms with Gasteiger partial charge in [0.25, 0.3) is 5.69 Å². The fraction of sp³-hybridized carbons (Fsp3) is 0. The minimum absolute atomic E-state index is 0.00842. The van der Waals surface area contributed by atoms with Gasteiger partial charge < -0.3 is 9.94 Å². The van der Waals surface area contributed by atoms with Gasteiger partial charge in [0.15, 0.2) is 5.76 Å². The van der Waals surface area contributed by atoms with Crippen molar-refractivity contribution >= 4 is 43.0 Å². The van der Waals surface area contributed by atoms with E-state index in [2.05, 4.69) is 21.4 Å². The molecule has 0 aliphatic carbocycles. The number of hydrogen-bond acceptors (Lipinski definition) is 7. The molecule has 0 saturated carbocycles. The van der Waals surface area contributed by atoms with Crippen LogP contribution in [0.15, 0.2) is 98.8 Å². The molecule has 3 aromatic carbocycles.